The van der Waals surface area contributed by atoms with Gasteiger partial charge in [-0.15, -0.1) is 0 Å². The van der Waals surface area contributed by atoms with Crippen LogP contribution < -0.4 is 11.1 Å². The summed E-state index contributed by atoms with van der Waals surface area (Å²) in [5.74, 6) is -0.497. The monoisotopic (exact) mass is 250 g/mol. The second-order valence-electron chi connectivity index (χ2n) is 4.80. The molecule has 1 aliphatic rings. The minimum Gasteiger partial charge on any atom is -0.504 e. The van der Waals surface area contributed by atoms with Crippen LogP contribution in [0.25, 0.3) is 0 Å². The molecule has 1 aromatic carbocycles. The molecule has 0 bridgehead atoms. The summed E-state index contributed by atoms with van der Waals surface area (Å²) in [4.78, 5) is 12.0. The molecule has 18 heavy (non-hydrogen) atoms. The SMILES string of the molecule is NC1CCC(C(=O)Nc2ccc(O)c(O)c2)CC1. The number of carbonyl (C=O) groups is 1. The van der Waals surface area contributed by atoms with Crippen molar-refractivity contribution < 1.29 is 15.0 Å². The number of nitrogens with one attached hydrogen (secondary N) is 1. The van der Waals surface area contributed by atoms with E-state index >= 15 is 0 Å². The highest BCUT2D eigenvalue weighted by atomic mass is 16.3. The van der Waals surface area contributed by atoms with Gasteiger partial charge in [0.2, 0.25) is 5.91 Å². The van der Waals surface area contributed by atoms with Crippen molar-refractivity contribution >= 4 is 11.6 Å². The van der Waals surface area contributed by atoms with Crippen molar-refractivity contribution in [2.24, 2.45) is 11.7 Å². The highest BCUT2D eigenvalue weighted by molar-refractivity contribution is 5.92. The minimum absolute atomic E-state index is 0.0132. The molecule has 0 atom stereocenters. The van der Waals surface area contributed by atoms with Gasteiger partial charge in [0, 0.05) is 23.7 Å². The molecule has 0 aliphatic heterocycles. The van der Waals surface area contributed by atoms with E-state index in [4.69, 9.17) is 5.73 Å². The first kappa shape index (κ1) is 12.7. The van der Waals surface area contributed by atoms with Crippen molar-refractivity contribution in [2.45, 2.75) is 31.7 Å². The van der Waals surface area contributed by atoms with Gasteiger partial charge in [-0.2, -0.15) is 0 Å². The number of benzene rings is 1. The molecule has 1 aromatic rings. The lowest BCUT2D eigenvalue weighted by molar-refractivity contribution is -0.120. The maximum atomic E-state index is 12.0. The van der Waals surface area contributed by atoms with Gasteiger partial charge in [0.15, 0.2) is 11.5 Å². The molecule has 0 unspecified atom stereocenters. The second kappa shape index (κ2) is 5.27. The van der Waals surface area contributed by atoms with Crippen molar-refractivity contribution in [3.63, 3.8) is 0 Å². The molecule has 0 saturated heterocycles. The lowest BCUT2D eigenvalue weighted by Gasteiger charge is -2.25. The van der Waals surface area contributed by atoms with E-state index in [1.165, 1.54) is 12.1 Å². The van der Waals surface area contributed by atoms with Crippen molar-refractivity contribution in [1.82, 2.24) is 0 Å². The molecule has 5 nitrogen and oxygen atoms in total. The second-order valence-corrected chi connectivity index (χ2v) is 4.80. The Hall–Kier alpha value is -1.75. The van der Waals surface area contributed by atoms with E-state index in [-0.39, 0.29) is 29.4 Å². The maximum Gasteiger partial charge on any atom is 0.227 e. The summed E-state index contributed by atoms with van der Waals surface area (Å²) < 4.78 is 0. The largest absolute Gasteiger partial charge is 0.504 e. The van der Waals surface area contributed by atoms with Gasteiger partial charge >= 0.3 is 0 Å². The van der Waals surface area contributed by atoms with Crippen LogP contribution in [-0.2, 0) is 4.79 Å². The lowest BCUT2D eigenvalue weighted by atomic mass is 9.86. The Bertz CT molecular complexity index is 440. The molecule has 1 saturated carbocycles. The molecular weight excluding hydrogens is 232 g/mol. The topological polar surface area (TPSA) is 95.6 Å². The molecule has 0 heterocycles. The predicted molar refractivity (Wildman–Crippen MR) is 68.3 cm³/mol. The van der Waals surface area contributed by atoms with E-state index in [0.717, 1.165) is 25.7 Å². The van der Waals surface area contributed by atoms with Crippen molar-refractivity contribution in [2.75, 3.05) is 5.32 Å². The van der Waals surface area contributed by atoms with Crippen LogP contribution >= 0.6 is 0 Å². The number of aromatic hydroxyl groups is 2. The molecule has 0 aromatic heterocycles. The van der Waals surface area contributed by atoms with E-state index in [1.54, 1.807) is 6.07 Å². The van der Waals surface area contributed by atoms with Gasteiger partial charge in [0.25, 0.3) is 0 Å². The average molecular weight is 250 g/mol. The summed E-state index contributed by atoms with van der Waals surface area (Å²) >= 11 is 0. The quantitative estimate of drug-likeness (QED) is 0.473. The zero-order valence-corrected chi connectivity index (χ0v) is 10.1. The fraction of sp³-hybridized carbons (Fsp3) is 0.462. The molecule has 0 radical (unpaired) electrons. The molecule has 1 aliphatic carbocycles. The number of carbonyl (C=O) groups excluding carboxylic acids is 1. The van der Waals surface area contributed by atoms with Crippen LogP contribution in [0.5, 0.6) is 11.5 Å². The molecule has 1 fully saturated rings. The average Bonchev–Trinajstić information content (AvgIpc) is 2.34. The number of anilines is 1. The third-order valence-electron chi connectivity index (χ3n) is 3.39. The Morgan fingerprint density at radius 1 is 1.17 bits per heavy atom. The van der Waals surface area contributed by atoms with Gasteiger partial charge in [-0.05, 0) is 37.8 Å². The Morgan fingerprint density at radius 3 is 2.44 bits per heavy atom. The number of rotatable bonds is 2. The van der Waals surface area contributed by atoms with Crippen molar-refractivity contribution in [1.29, 1.82) is 0 Å². The van der Waals surface area contributed by atoms with Gasteiger partial charge in [0.05, 0.1) is 0 Å². The molecule has 5 heteroatoms. The van der Waals surface area contributed by atoms with Crippen LogP contribution in [0.3, 0.4) is 0 Å². The Balaban J connectivity index is 1.96. The van der Waals surface area contributed by atoms with E-state index in [1.807, 2.05) is 0 Å². The van der Waals surface area contributed by atoms with Crippen LogP contribution in [0.1, 0.15) is 25.7 Å². The van der Waals surface area contributed by atoms with E-state index < -0.39 is 0 Å². The van der Waals surface area contributed by atoms with Crippen LogP contribution in [0.2, 0.25) is 0 Å². The summed E-state index contributed by atoms with van der Waals surface area (Å²) in [6, 6.07) is 4.46. The van der Waals surface area contributed by atoms with Crippen LogP contribution in [-0.4, -0.2) is 22.2 Å². The zero-order valence-electron chi connectivity index (χ0n) is 10.1. The normalized spacial score (nSPS) is 23.6. The Labute approximate surface area is 106 Å². The summed E-state index contributed by atoms with van der Waals surface area (Å²) in [6.07, 6.45) is 3.35. The van der Waals surface area contributed by atoms with E-state index in [9.17, 15) is 15.0 Å². The highest BCUT2D eigenvalue weighted by Crippen LogP contribution is 2.29. The summed E-state index contributed by atoms with van der Waals surface area (Å²) in [7, 11) is 0. The van der Waals surface area contributed by atoms with Gasteiger partial charge in [0.1, 0.15) is 0 Å². The first-order valence-electron chi connectivity index (χ1n) is 6.14. The highest BCUT2D eigenvalue weighted by Gasteiger charge is 2.24. The minimum atomic E-state index is -0.238. The molecule has 98 valence electrons. The summed E-state index contributed by atoms with van der Waals surface area (Å²) in [5, 5.41) is 21.3. The Morgan fingerprint density at radius 2 is 1.83 bits per heavy atom. The number of amides is 1. The summed E-state index contributed by atoms with van der Waals surface area (Å²) in [5.41, 5.74) is 6.28. The number of phenols is 2. The van der Waals surface area contributed by atoms with Crippen LogP contribution in [0.4, 0.5) is 5.69 Å². The number of hydrogen-bond acceptors (Lipinski definition) is 4. The third kappa shape index (κ3) is 2.92. The van der Waals surface area contributed by atoms with Gasteiger partial charge in [-0.1, -0.05) is 0 Å². The van der Waals surface area contributed by atoms with Crippen molar-refractivity contribution in [3.05, 3.63) is 18.2 Å². The summed E-state index contributed by atoms with van der Waals surface area (Å²) in [6.45, 7) is 0. The smallest absolute Gasteiger partial charge is 0.227 e. The van der Waals surface area contributed by atoms with Crippen LogP contribution in [0, 0.1) is 5.92 Å². The standard InChI is InChI=1S/C13H18N2O3/c14-9-3-1-8(2-4-9)13(18)15-10-5-6-11(16)12(17)7-10/h5-9,16-17H,1-4,14H2,(H,15,18). The van der Waals surface area contributed by atoms with E-state index in [2.05, 4.69) is 5.32 Å². The molecule has 1 amide bonds. The zero-order chi connectivity index (χ0) is 13.1. The van der Waals surface area contributed by atoms with Crippen LogP contribution in [0.15, 0.2) is 18.2 Å². The number of hydrogen-bond donors (Lipinski definition) is 4. The van der Waals surface area contributed by atoms with E-state index in [0.29, 0.717) is 5.69 Å². The Kier molecular flexibility index (Phi) is 3.72. The van der Waals surface area contributed by atoms with Gasteiger partial charge < -0.3 is 21.3 Å². The fourth-order valence-corrected chi connectivity index (χ4v) is 2.23. The maximum absolute atomic E-state index is 12.0. The molecule has 5 N–H and O–H groups in total. The fourth-order valence-electron chi connectivity index (χ4n) is 2.23. The lowest BCUT2D eigenvalue weighted by Crippen LogP contribution is -2.32. The predicted octanol–water partition coefficient (Wildman–Crippen LogP) is 1.55. The number of nitrogens with two attached hydrogens (primary N) is 1. The molecular formula is C13H18N2O3. The van der Waals surface area contributed by atoms with Crippen molar-refractivity contribution in [3.8, 4) is 11.5 Å². The molecule has 2 rings (SSSR count). The first-order chi connectivity index (χ1) is 8.56. The van der Waals surface area contributed by atoms with Gasteiger partial charge in [-0.3, -0.25) is 4.79 Å². The third-order valence-corrected chi connectivity index (χ3v) is 3.39. The molecule has 0 spiro atoms. The van der Waals surface area contributed by atoms with Gasteiger partial charge in [-0.25, -0.2) is 0 Å². The number of phenolic OH excluding ortho intramolecular Hbond substituents is 2. The first-order valence-corrected chi connectivity index (χ1v) is 6.14.